The van der Waals surface area contributed by atoms with E-state index in [1.165, 1.54) is 0 Å². The van der Waals surface area contributed by atoms with Crippen molar-refractivity contribution in [3.05, 3.63) is 24.2 Å². The van der Waals surface area contributed by atoms with Crippen LogP contribution in [0.15, 0.2) is 27.8 Å². The number of carbonyl (C=O) groups excluding carboxylic acids is 1. The highest BCUT2D eigenvalue weighted by Gasteiger charge is 2.44. The number of halogens is 1. The molecular formula is C21H35IN4O3. The Hall–Kier alpha value is -1.45. The smallest absolute Gasteiger partial charge is 0.407 e. The zero-order valence-corrected chi connectivity index (χ0v) is 20.3. The van der Waals surface area contributed by atoms with Gasteiger partial charge >= 0.3 is 6.09 Å². The van der Waals surface area contributed by atoms with Gasteiger partial charge in [-0.2, -0.15) is 0 Å². The number of likely N-dealkylation sites (tertiary alicyclic amines) is 1. The Bertz CT molecular complexity index is 672. The molecule has 3 rings (SSSR count). The molecule has 1 aromatic rings. The zero-order valence-electron chi connectivity index (χ0n) is 17.9. The molecule has 0 spiro atoms. The van der Waals surface area contributed by atoms with Crippen molar-refractivity contribution in [3.63, 3.8) is 0 Å². The van der Waals surface area contributed by atoms with Gasteiger partial charge in [0.15, 0.2) is 5.96 Å². The molecule has 2 fully saturated rings. The van der Waals surface area contributed by atoms with Crippen LogP contribution in [0.5, 0.6) is 0 Å². The van der Waals surface area contributed by atoms with E-state index in [4.69, 9.17) is 14.1 Å². The van der Waals surface area contributed by atoms with Crippen LogP contribution >= 0.6 is 24.0 Å². The summed E-state index contributed by atoms with van der Waals surface area (Å²) in [7, 11) is 0. The normalized spacial score (nSPS) is 24.1. The second-order valence-corrected chi connectivity index (χ2v) is 8.72. The number of alkyl carbamates (subject to hydrolysis) is 1. The third-order valence-electron chi connectivity index (χ3n) is 5.39. The summed E-state index contributed by atoms with van der Waals surface area (Å²) in [6.07, 6.45) is 4.34. The first kappa shape index (κ1) is 23.8. The number of ether oxygens (including phenoxy) is 1. The summed E-state index contributed by atoms with van der Waals surface area (Å²) in [6.45, 7) is 11.2. The number of nitrogens with one attached hydrogen (secondary N) is 2. The number of rotatable bonds is 5. The van der Waals surface area contributed by atoms with Gasteiger partial charge < -0.3 is 24.7 Å². The maximum Gasteiger partial charge on any atom is 0.407 e. The molecule has 164 valence electrons. The summed E-state index contributed by atoms with van der Waals surface area (Å²) >= 11 is 0. The number of hydrogen-bond donors (Lipinski definition) is 2. The molecule has 3 unspecified atom stereocenters. The predicted octanol–water partition coefficient (Wildman–Crippen LogP) is 3.64. The van der Waals surface area contributed by atoms with Crippen molar-refractivity contribution in [3.8, 4) is 0 Å². The maximum absolute atomic E-state index is 12.2. The first-order valence-electron chi connectivity index (χ1n) is 10.4. The Morgan fingerprint density at radius 3 is 2.79 bits per heavy atom. The van der Waals surface area contributed by atoms with Crippen molar-refractivity contribution in [2.75, 3.05) is 26.2 Å². The van der Waals surface area contributed by atoms with E-state index in [1.54, 1.807) is 6.26 Å². The molecule has 2 N–H and O–H groups in total. The number of aliphatic imine (C=N–C) groups is 1. The van der Waals surface area contributed by atoms with Crippen molar-refractivity contribution in [1.82, 2.24) is 15.5 Å². The van der Waals surface area contributed by atoms with Crippen molar-refractivity contribution >= 4 is 36.0 Å². The van der Waals surface area contributed by atoms with Gasteiger partial charge in [0.2, 0.25) is 0 Å². The number of fused-ring (bicyclic) bond motifs is 1. The molecule has 1 aromatic heterocycles. The fourth-order valence-corrected chi connectivity index (χ4v) is 4.23. The third-order valence-corrected chi connectivity index (χ3v) is 5.39. The number of carbonyl (C=O) groups is 1. The van der Waals surface area contributed by atoms with E-state index in [0.717, 1.165) is 50.6 Å². The molecule has 1 saturated carbocycles. The van der Waals surface area contributed by atoms with Gasteiger partial charge in [0.1, 0.15) is 11.4 Å². The maximum atomic E-state index is 12.2. The topological polar surface area (TPSA) is 79.1 Å². The molecule has 7 nitrogen and oxygen atoms in total. The average molecular weight is 518 g/mol. The molecule has 1 saturated heterocycles. The summed E-state index contributed by atoms with van der Waals surface area (Å²) in [4.78, 5) is 19.3. The van der Waals surface area contributed by atoms with Crippen LogP contribution in [-0.2, 0) is 11.2 Å². The van der Waals surface area contributed by atoms with E-state index < -0.39 is 5.60 Å². The van der Waals surface area contributed by atoms with Gasteiger partial charge in [0.25, 0.3) is 0 Å². The van der Waals surface area contributed by atoms with Crippen LogP contribution in [-0.4, -0.2) is 54.8 Å². The lowest BCUT2D eigenvalue weighted by Gasteiger charge is -2.26. The minimum Gasteiger partial charge on any atom is -0.469 e. The molecule has 1 amide bonds. The highest BCUT2D eigenvalue weighted by molar-refractivity contribution is 14.0. The van der Waals surface area contributed by atoms with E-state index in [0.29, 0.717) is 18.4 Å². The SMILES string of the molecule is CCNC(=NCCc1ccco1)N1CC2CCC(NC(=O)OC(C)(C)C)C2C1.I. The van der Waals surface area contributed by atoms with Crippen LogP contribution in [0.1, 0.15) is 46.3 Å². The minimum atomic E-state index is -0.470. The molecule has 0 radical (unpaired) electrons. The molecule has 1 aliphatic carbocycles. The van der Waals surface area contributed by atoms with Crippen LogP contribution < -0.4 is 10.6 Å². The van der Waals surface area contributed by atoms with Gasteiger partial charge in [-0.25, -0.2) is 4.79 Å². The van der Waals surface area contributed by atoms with Crippen molar-refractivity contribution in [2.45, 2.75) is 58.6 Å². The molecule has 8 heteroatoms. The largest absolute Gasteiger partial charge is 0.469 e. The monoisotopic (exact) mass is 518 g/mol. The standard InChI is InChI=1S/C21H34N4O3.HI/c1-5-22-19(23-11-10-16-7-6-12-27-16)25-13-15-8-9-18(17(15)14-25)24-20(26)28-21(2,3)4;/h6-7,12,15,17-18H,5,8-11,13-14H2,1-4H3,(H,22,23)(H,24,26);1H. The van der Waals surface area contributed by atoms with Crippen LogP contribution in [0.3, 0.4) is 0 Å². The van der Waals surface area contributed by atoms with E-state index in [9.17, 15) is 4.79 Å². The predicted molar refractivity (Wildman–Crippen MR) is 125 cm³/mol. The first-order valence-corrected chi connectivity index (χ1v) is 10.4. The highest BCUT2D eigenvalue weighted by Crippen LogP contribution is 2.38. The molecular weight excluding hydrogens is 483 g/mol. The van der Waals surface area contributed by atoms with Crippen LogP contribution in [0, 0.1) is 11.8 Å². The van der Waals surface area contributed by atoms with E-state index in [-0.39, 0.29) is 36.1 Å². The number of hydrogen-bond acceptors (Lipinski definition) is 4. The van der Waals surface area contributed by atoms with Crippen molar-refractivity contribution < 1.29 is 13.9 Å². The van der Waals surface area contributed by atoms with Crippen molar-refractivity contribution in [2.24, 2.45) is 16.8 Å². The van der Waals surface area contributed by atoms with Crippen LogP contribution in [0.25, 0.3) is 0 Å². The Morgan fingerprint density at radius 2 is 2.14 bits per heavy atom. The first-order chi connectivity index (χ1) is 13.4. The van der Waals surface area contributed by atoms with Gasteiger partial charge in [-0.3, -0.25) is 4.99 Å². The lowest BCUT2D eigenvalue weighted by atomic mass is 9.98. The molecule has 2 aliphatic rings. The van der Waals surface area contributed by atoms with Gasteiger partial charge in [-0.1, -0.05) is 0 Å². The Balaban J connectivity index is 0.00000300. The summed E-state index contributed by atoms with van der Waals surface area (Å²) in [5.74, 6) is 2.95. The molecule has 2 heterocycles. The average Bonchev–Trinajstić information content (AvgIpc) is 3.31. The Morgan fingerprint density at radius 1 is 1.34 bits per heavy atom. The van der Waals surface area contributed by atoms with Crippen LogP contribution in [0.4, 0.5) is 4.79 Å². The molecule has 1 aliphatic heterocycles. The molecule has 29 heavy (non-hydrogen) atoms. The molecule has 0 bridgehead atoms. The quantitative estimate of drug-likeness (QED) is 0.354. The van der Waals surface area contributed by atoms with E-state index in [2.05, 4.69) is 22.5 Å². The van der Waals surface area contributed by atoms with E-state index >= 15 is 0 Å². The third kappa shape index (κ3) is 6.79. The second kappa shape index (κ2) is 10.5. The lowest BCUT2D eigenvalue weighted by molar-refractivity contribution is 0.0492. The van der Waals surface area contributed by atoms with Crippen LogP contribution in [0.2, 0.25) is 0 Å². The summed E-state index contributed by atoms with van der Waals surface area (Å²) in [5, 5.41) is 6.51. The van der Waals surface area contributed by atoms with Crippen molar-refractivity contribution in [1.29, 1.82) is 0 Å². The van der Waals surface area contributed by atoms with Gasteiger partial charge in [0.05, 0.1) is 6.26 Å². The molecule has 3 atom stereocenters. The molecule has 0 aromatic carbocycles. The number of amides is 1. The zero-order chi connectivity index (χ0) is 20.1. The Kier molecular flexibility index (Phi) is 8.66. The van der Waals surface area contributed by atoms with E-state index in [1.807, 2.05) is 32.9 Å². The summed E-state index contributed by atoms with van der Waals surface area (Å²) in [6, 6.07) is 4.06. The van der Waals surface area contributed by atoms with Gasteiger partial charge in [-0.15, -0.1) is 24.0 Å². The second-order valence-electron chi connectivity index (χ2n) is 8.72. The number of nitrogens with zero attached hydrogens (tertiary/aromatic N) is 2. The van der Waals surface area contributed by atoms with Gasteiger partial charge in [0, 0.05) is 44.6 Å². The van der Waals surface area contributed by atoms with Gasteiger partial charge in [-0.05, 0) is 58.6 Å². The minimum absolute atomic E-state index is 0. The fourth-order valence-electron chi connectivity index (χ4n) is 4.23. The number of guanidine groups is 1. The fraction of sp³-hybridized carbons (Fsp3) is 0.714. The highest BCUT2D eigenvalue weighted by atomic mass is 127. The Labute approximate surface area is 191 Å². The summed E-state index contributed by atoms with van der Waals surface area (Å²) < 4.78 is 10.8. The lowest BCUT2D eigenvalue weighted by Crippen LogP contribution is -2.44. The summed E-state index contributed by atoms with van der Waals surface area (Å²) in [5.41, 5.74) is -0.470. The number of furan rings is 1.